The highest BCUT2D eigenvalue weighted by molar-refractivity contribution is 9.10. The Labute approximate surface area is 126 Å². The van der Waals surface area contributed by atoms with E-state index in [9.17, 15) is 5.11 Å². The Morgan fingerprint density at radius 3 is 2.61 bits per heavy atom. The fourth-order valence-electron chi connectivity index (χ4n) is 2.17. The first kappa shape index (κ1) is 16.1. The number of halogens is 3. The van der Waals surface area contributed by atoms with Crippen molar-refractivity contribution < 1.29 is 9.84 Å². The van der Waals surface area contributed by atoms with E-state index in [0.29, 0.717) is 21.0 Å². The van der Waals surface area contributed by atoms with Gasteiger partial charge in [0.2, 0.25) is 0 Å². The third kappa shape index (κ3) is 3.52. The van der Waals surface area contributed by atoms with Crippen molar-refractivity contribution >= 4 is 39.9 Å². The van der Waals surface area contributed by atoms with Gasteiger partial charge in [0.15, 0.2) is 0 Å². The second-order valence-corrected chi connectivity index (χ2v) is 5.59. The van der Waals surface area contributed by atoms with E-state index in [1.54, 1.807) is 12.1 Å². The van der Waals surface area contributed by atoms with Gasteiger partial charge in [-0.25, -0.2) is 0 Å². The molecule has 1 atom stereocenters. The summed E-state index contributed by atoms with van der Waals surface area (Å²) in [5.41, 5.74) is 6.92. The lowest BCUT2D eigenvalue weighted by molar-refractivity contribution is 0.0581. The van der Waals surface area contributed by atoms with Crippen LogP contribution in [0.1, 0.15) is 24.4 Å². The van der Waals surface area contributed by atoms with Crippen LogP contribution in [0.2, 0.25) is 5.02 Å². The number of phenolic OH excluding ortho intramolecular Hbond substituents is 1. The Morgan fingerprint density at radius 2 is 2.00 bits per heavy atom. The van der Waals surface area contributed by atoms with Crippen LogP contribution < -0.4 is 5.73 Å². The van der Waals surface area contributed by atoms with Gasteiger partial charge >= 0.3 is 0 Å². The van der Waals surface area contributed by atoms with E-state index in [-0.39, 0.29) is 24.2 Å². The summed E-state index contributed by atoms with van der Waals surface area (Å²) in [4.78, 5) is 0. The summed E-state index contributed by atoms with van der Waals surface area (Å²) in [6.07, 6.45) is 1.84. The van der Waals surface area contributed by atoms with Crippen molar-refractivity contribution in [1.82, 2.24) is 0 Å². The lowest BCUT2D eigenvalue weighted by atomic mass is 9.87. The topological polar surface area (TPSA) is 55.5 Å². The molecule has 0 aliphatic carbocycles. The molecule has 1 aromatic carbocycles. The van der Waals surface area contributed by atoms with Crippen LogP contribution in [0, 0.1) is 5.92 Å². The minimum atomic E-state index is -0.200. The summed E-state index contributed by atoms with van der Waals surface area (Å²) in [5.74, 6) is 0.522. The van der Waals surface area contributed by atoms with Gasteiger partial charge < -0.3 is 15.6 Å². The van der Waals surface area contributed by atoms with Crippen LogP contribution in [-0.4, -0.2) is 18.3 Å². The molecule has 0 unspecified atom stereocenters. The first-order valence-electron chi connectivity index (χ1n) is 5.61. The number of benzene rings is 1. The Hall–Kier alpha value is -0.000000000000000132. The van der Waals surface area contributed by atoms with Gasteiger partial charge in [-0.3, -0.25) is 0 Å². The van der Waals surface area contributed by atoms with E-state index in [1.165, 1.54) is 0 Å². The minimum absolute atomic E-state index is 0. The molecule has 0 aromatic heterocycles. The van der Waals surface area contributed by atoms with Gasteiger partial charge in [0, 0.05) is 29.8 Å². The van der Waals surface area contributed by atoms with Crippen LogP contribution in [0.25, 0.3) is 0 Å². The number of ether oxygens (including phenoxy) is 1. The maximum absolute atomic E-state index is 10.0. The highest BCUT2D eigenvalue weighted by Crippen LogP contribution is 2.38. The van der Waals surface area contributed by atoms with Crippen LogP contribution in [-0.2, 0) is 4.74 Å². The number of nitrogens with two attached hydrogens (primary N) is 1. The maximum atomic E-state index is 10.0. The molecule has 3 nitrogen and oxygen atoms in total. The molecule has 0 bridgehead atoms. The van der Waals surface area contributed by atoms with Crippen molar-refractivity contribution in [2.75, 3.05) is 13.2 Å². The molecule has 1 heterocycles. The lowest BCUT2D eigenvalue weighted by Gasteiger charge is -2.28. The predicted octanol–water partition coefficient (Wildman–Crippen LogP) is 3.66. The first-order chi connectivity index (χ1) is 8.09. The van der Waals surface area contributed by atoms with Crippen LogP contribution in [0.4, 0.5) is 0 Å². The SMILES string of the molecule is Cl.N[C@@H](c1cc(Cl)cc(Br)c1O)C1CCOCC1. The van der Waals surface area contributed by atoms with Crippen LogP contribution in [0.5, 0.6) is 5.75 Å². The Kier molecular flexibility index (Phi) is 6.21. The van der Waals surface area contributed by atoms with Gasteiger partial charge in [-0.05, 0) is 46.8 Å². The lowest BCUT2D eigenvalue weighted by Crippen LogP contribution is -2.27. The zero-order chi connectivity index (χ0) is 12.4. The molecule has 102 valence electrons. The number of aromatic hydroxyl groups is 1. The minimum Gasteiger partial charge on any atom is -0.506 e. The number of hydrogen-bond donors (Lipinski definition) is 2. The van der Waals surface area contributed by atoms with Crippen molar-refractivity contribution in [1.29, 1.82) is 0 Å². The molecule has 18 heavy (non-hydrogen) atoms. The Morgan fingerprint density at radius 1 is 1.39 bits per heavy atom. The standard InChI is InChI=1S/C12H15BrClNO2.ClH/c13-10-6-8(14)5-9(12(10)16)11(15)7-1-3-17-4-2-7;/h5-7,11,16H,1-4,15H2;1H/t11-;/m1./s1. The van der Waals surface area contributed by atoms with E-state index < -0.39 is 0 Å². The maximum Gasteiger partial charge on any atom is 0.134 e. The van der Waals surface area contributed by atoms with Crippen LogP contribution in [0.3, 0.4) is 0 Å². The molecule has 1 aromatic rings. The smallest absolute Gasteiger partial charge is 0.134 e. The highest BCUT2D eigenvalue weighted by Gasteiger charge is 2.25. The fourth-order valence-corrected chi connectivity index (χ4v) is 3.00. The Balaban J connectivity index is 0.00000162. The number of rotatable bonds is 2. The number of phenols is 1. The summed E-state index contributed by atoms with van der Waals surface area (Å²) < 4.78 is 5.90. The van der Waals surface area contributed by atoms with Gasteiger partial charge in [-0.2, -0.15) is 0 Å². The van der Waals surface area contributed by atoms with Gasteiger partial charge in [-0.15, -0.1) is 12.4 Å². The van der Waals surface area contributed by atoms with E-state index in [4.69, 9.17) is 22.1 Å². The van der Waals surface area contributed by atoms with Gasteiger partial charge in [0.05, 0.1) is 4.47 Å². The molecule has 1 saturated heterocycles. The molecular weight excluding hydrogens is 341 g/mol. The molecule has 3 N–H and O–H groups in total. The van der Waals surface area contributed by atoms with Crippen molar-refractivity contribution in [3.8, 4) is 5.75 Å². The van der Waals surface area contributed by atoms with Gasteiger partial charge in [0.25, 0.3) is 0 Å². The zero-order valence-corrected chi connectivity index (χ0v) is 12.9. The van der Waals surface area contributed by atoms with E-state index in [2.05, 4.69) is 15.9 Å². The second kappa shape index (κ2) is 6.96. The normalized spacial score (nSPS) is 18.2. The van der Waals surface area contributed by atoms with Crippen molar-refractivity contribution in [2.45, 2.75) is 18.9 Å². The summed E-state index contributed by atoms with van der Waals surface area (Å²) in [7, 11) is 0. The third-order valence-electron chi connectivity index (χ3n) is 3.19. The van der Waals surface area contributed by atoms with E-state index in [1.807, 2.05) is 0 Å². The van der Waals surface area contributed by atoms with Crippen LogP contribution in [0.15, 0.2) is 16.6 Å². The highest BCUT2D eigenvalue weighted by atomic mass is 79.9. The summed E-state index contributed by atoms with van der Waals surface area (Å²) in [6.45, 7) is 1.47. The summed E-state index contributed by atoms with van der Waals surface area (Å²) in [5, 5.41) is 10.6. The van der Waals surface area contributed by atoms with Crippen molar-refractivity contribution in [3.05, 3.63) is 27.2 Å². The third-order valence-corrected chi connectivity index (χ3v) is 4.01. The molecule has 1 aliphatic heterocycles. The van der Waals surface area contributed by atoms with Crippen LogP contribution >= 0.6 is 39.9 Å². The molecule has 0 spiro atoms. The van der Waals surface area contributed by atoms with Gasteiger partial charge in [-0.1, -0.05) is 11.6 Å². The first-order valence-corrected chi connectivity index (χ1v) is 6.78. The molecule has 0 saturated carbocycles. The van der Waals surface area contributed by atoms with E-state index >= 15 is 0 Å². The van der Waals surface area contributed by atoms with E-state index in [0.717, 1.165) is 26.1 Å². The molecular formula is C12H16BrCl2NO2. The summed E-state index contributed by atoms with van der Waals surface area (Å²) >= 11 is 9.26. The molecule has 1 fully saturated rings. The predicted molar refractivity (Wildman–Crippen MR) is 78.5 cm³/mol. The summed E-state index contributed by atoms with van der Waals surface area (Å²) in [6, 6.07) is 3.20. The van der Waals surface area contributed by atoms with Gasteiger partial charge in [0.1, 0.15) is 5.75 Å². The molecule has 0 amide bonds. The monoisotopic (exact) mass is 355 g/mol. The second-order valence-electron chi connectivity index (χ2n) is 4.30. The molecule has 2 rings (SSSR count). The quantitative estimate of drug-likeness (QED) is 0.850. The number of hydrogen-bond acceptors (Lipinski definition) is 3. The average molecular weight is 357 g/mol. The van der Waals surface area contributed by atoms with Crippen molar-refractivity contribution in [3.63, 3.8) is 0 Å². The fraction of sp³-hybridized carbons (Fsp3) is 0.500. The van der Waals surface area contributed by atoms with Crippen molar-refractivity contribution in [2.24, 2.45) is 11.7 Å². The Bertz CT molecular complexity index is 411. The molecule has 6 heteroatoms. The average Bonchev–Trinajstić information content (AvgIpc) is 2.34. The zero-order valence-electron chi connectivity index (χ0n) is 9.73. The molecule has 0 radical (unpaired) electrons. The largest absolute Gasteiger partial charge is 0.506 e. The molecule has 1 aliphatic rings.